The number of rotatable bonds is 9. The van der Waals surface area contributed by atoms with Gasteiger partial charge in [-0.3, -0.25) is 4.79 Å². The lowest BCUT2D eigenvalue weighted by atomic mass is 9.96. The fraction of sp³-hybridized carbons (Fsp3) is 0.435. The first-order chi connectivity index (χ1) is 14.3. The van der Waals surface area contributed by atoms with Gasteiger partial charge in [-0.2, -0.15) is 0 Å². The quantitative estimate of drug-likeness (QED) is 0.365. The van der Waals surface area contributed by atoms with Crippen LogP contribution in [-0.2, 0) is 9.47 Å². The second-order valence-electron chi connectivity index (χ2n) is 7.77. The highest BCUT2D eigenvalue weighted by Crippen LogP contribution is 2.25. The number of carbonyl (C=O) groups excluding carboxylic acids is 1. The summed E-state index contributed by atoms with van der Waals surface area (Å²) >= 11 is 0. The molecule has 2 aromatic carbocycles. The highest BCUT2D eigenvalue weighted by molar-refractivity contribution is 6.02. The van der Waals surface area contributed by atoms with Gasteiger partial charge in [0.1, 0.15) is 30.3 Å². The molecule has 1 unspecified atom stereocenters. The number of ether oxygens (including phenoxy) is 4. The fourth-order valence-corrected chi connectivity index (χ4v) is 3.25. The minimum Gasteiger partial charge on any atom is -0.490 e. The number of nitrogen functional groups attached to an aromatic ring is 2. The van der Waals surface area contributed by atoms with Crippen LogP contribution < -0.4 is 20.9 Å². The standard InChI is InChI=1S/C23H30N2O5/c1-23(2,30-21-5-3-4-12-29-21)22(26)16-6-9-18(10-7-16)27-13-14-28-20-11-8-17(24)15-19(20)25/h6-11,15,21H,3-5,12-14,24-25H2,1-2H3. The Bertz CT molecular complexity index is 845. The van der Waals surface area contributed by atoms with Crippen molar-refractivity contribution in [2.24, 2.45) is 0 Å². The summed E-state index contributed by atoms with van der Waals surface area (Å²) in [7, 11) is 0. The second-order valence-corrected chi connectivity index (χ2v) is 7.77. The number of nitrogens with two attached hydrogens (primary N) is 2. The van der Waals surface area contributed by atoms with Crippen molar-refractivity contribution in [3.8, 4) is 11.5 Å². The summed E-state index contributed by atoms with van der Waals surface area (Å²) in [5.74, 6) is 1.12. The molecule has 1 aliphatic rings. The number of hydrogen-bond donors (Lipinski definition) is 2. The minimum atomic E-state index is -0.961. The zero-order valence-electron chi connectivity index (χ0n) is 17.6. The van der Waals surface area contributed by atoms with E-state index in [0.29, 0.717) is 48.3 Å². The van der Waals surface area contributed by atoms with Gasteiger partial charge in [-0.15, -0.1) is 0 Å². The Labute approximate surface area is 177 Å². The largest absolute Gasteiger partial charge is 0.490 e. The first-order valence-corrected chi connectivity index (χ1v) is 10.2. The van der Waals surface area contributed by atoms with Crippen molar-refractivity contribution >= 4 is 17.2 Å². The first kappa shape index (κ1) is 21.9. The summed E-state index contributed by atoms with van der Waals surface area (Å²) < 4.78 is 22.8. The van der Waals surface area contributed by atoms with Gasteiger partial charge < -0.3 is 30.4 Å². The van der Waals surface area contributed by atoms with Gasteiger partial charge in [-0.1, -0.05) is 0 Å². The smallest absolute Gasteiger partial charge is 0.194 e. The van der Waals surface area contributed by atoms with Crippen molar-refractivity contribution in [1.82, 2.24) is 0 Å². The zero-order valence-corrected chi connectivity index (χ0v) is 17.6. The van der Waals surface area contributed by atoms with Crippen LogP contribution in [-0.4, -0.2) is 37.5 Å². The molecule has 30 heavy (non-hydrogen) atoms. The number of Topliss-reactive ketones (excluding diaryl/α,β-unsaturated/α-hetero) is 1. The van der Waals surface area contributed by atoms with Crippen LogP contribution in [0.3, 0.4) is 0 Å². The van der Waals surface area contributed by atoms with E-state index in [1.165, 1.54) is 0 Å². The van der Waals surface area contributed by atoms with Crippen LogP contribution in [0.2, 0.25) is 0 Å². The molecule has 1 aliphatic heterocycles. The Hall–Kier alpha value is -2.77. The van der Waals surface area contributed by atoms with Crippen LogP contribution in [0.5, 0.6) is 11.5 Å². The van der Waals surface area contributed by atoms with Gasteiger partial charge in [0.15, 0.2) is 12.1 Å². The fourth-order valence-electron chi connectivity index (χ4n) is 3.25. The highest BCUT2D eigenvalue weighted by atomic mass is 16.7. The Kier molecular flexibility index (Phi) is 7.18. The molecule has 0 radical (unpaired) electrons. The molecule has 7 nitrogen and oxygen atoms in total. The predicted molar refractivity (Wildman–Crippen MR) is 116 cm³/mol. The van der Waals surface area contributed by atoms with E-state index in [2.05, 4.69) is 0 Å². The summed E-state index contributed by atoms with van der Waals surface area (Å²) in [6.07, 6.45) is 2.58. The van der Waals surface area contributed by atoms with E-state index in [4.69, 9.17) is 30.4 Å². The molecule has 0 amide bonds. The SMILES string of the molecule is CC(C)(OC1CCCCO1)C(=O)c1ccc(OCCOc2ccc(N)cc2N)cc1. The monoisotopic (exact) mass is 414 g/mol. The maximum Gasteiger partial charge on any atom is 0.194 e. The second kappa shape index (κ2) is 9.82. The molecule has 1 fully saturated rings. The van der Waals surface area contributed by atoms with Crippen LogP contribution in [0.15, 0.2) is 42.5 Å². The van der Waals surface area contributed by atoms with Gasteiger partial charge in [0.2, 0.25) is 0 Å². The third-order valence-corrected chi connectivity index (χ3v) is 4.87. The zero-order chi connectivity index (χ0) is 21.6. The topological polar surface area (TPSA) is 106 Å². The third-order valence-electron chi connectivity index (χ3n) is 4.87. The van der Waals surface area contributed by atoms with Crippen LogP contribution >= 0.6 is 0 Å². The number of anilines is 2. The lowest BCUT2D eigenvalue weighted by Gasteiger charge is -2.31. The van der Waals surface area contributed by atoms with Crippen molar-refractivity contribution in [3.05, 3.63) is 48.0 Å². The Balaban J connectivity index is 1.48. The Morgan fingerprint density at radius 3 is 2.47 bits per heavy atom. The van der Waals surface area contributed by atoms with E-state index in [1.807, 2.05) is 0 Å². The Morgan fingerprint density at radius 2 is 1.80 bits per heavy atom. The average molecular weight is 415 g/mol. The molecular formula is C23H30N2O5. The van der Waals surface area contributed by atoms with Crippen molar-refractivity contribution in [1.29, 1.82) is 0 Å². The molecule has 1 atom stereocenters. The summed E-state index contributed by atoms with van der Waals surface area (Å²) in [6.45, 7) is 4.90. The molecule has 4 N–H and O–H groups in total. The summed E-state index contributed by atoms with van der Waals surface area (Å²) in [6, 6.07) is 12.1. The first-order valence-electron chi connectivity index (χ1n) is 10.2. The van der Waals surface area contributed by atoms with Crippen molar-refractivity contribution < 1.29 is 23.7 Å². The number of ketones is 1. The highest BCUT2D eigenvalue weighted by Gasteiger charge is 2.33. The maximum atomic E-state index is 12.9. The van der Waals surface area contributed by atoms with E-state index in [9.17, 15) is 4.79 Å². The number of carbonyl (C=O) groups is 1. The minimum absolute atomic E-state index is 0.0922. The van der Waals surface area contributed by atoms with Crippen molar-refractivity contribution in [2.75, 3.05) is 31.3 Å². The molecule has 0 saturated carbocycles. The van der Waals surface area contributed by atoms with Crippen molar-refractivity contribution in [3.63, 3.8) is 0 Å². The van der Waals surface area contributed by atoms with E-state index >= 15 is 0 Å². The van der Waals surface area contributed by atoms with E-state index in [-0.39, 0.29) is 12.1 Å². The molecule has 1 heterocycles. The van der Waals surface area contributed by atoms with Crippen LogP contribution in [0, 0.1) is 0 Å². The third kappa shape index (κ3) is 5.87. The number of benzene rings is 2. The molecule has 1 saturated heterocycles. The summed E-state index contributed by atoms with van der Waals surface area (Å²) in [5, 5.41) is 0. The molecule has 0 spiro atoms. The van der Waals surface area contributed by atoms with Gasteiger partial charge in [0.05, 0.1) is 5.69 Å². The molecule has 0 bridgehead atoms. The van der Waals surface area contributed by atoms with E-state index in [1.54, 1.807) is 56.3 Å². The normalized spacial score (nSPS) is 16.8. The summed E-state index contributed by atoms with van der Waals surface area (Å²) in [4.78, 5) is 12.9. The molecule has 0 aromatic heterocycles. The number of hydrogen-bond acceptors (Lipinski definition) is 7. The van der Waals surface area contributed by atoms with Gasteiger partial charge >= 0.3 is 0 Å². The summed E-state index contributed by atoms with van der Waals surface area (Å²) in [5.41, 5.74) is 12.2. The predicted octanol–water partition coefficient (Wildman–Crippen LogP) is 3.81. The van der Waals surface area contributed by atoms with Gasteiger partial charge in [0, 0.05) is 17.9 Å². The molecule has 0 aliphatic carbocycles. The lowest BCUT2D eigenvalue weighted by Crippen LogP contribution is -2.40. The molecule has 2 aromatic rings. The van der Waals surface area contributed by atoms with E-state index < -0.39 is 5.60 Å². The molecule has 3 rings (SSSR count). The Morgan fingerprint density at radius 1 is 1.07 bits per heavy atom. The van der Waals surface area contributed by atoms with E-state index in [0.717, 1.165) is 19.3 Å². The molecular weight excluding hydrogens is 384 g/mol. The van der Waals surface area contributed by atoms with Crippen LogP contribution in [0.4, 0.5) is 11.4 Å². The maximum absolute atomic E-state index is 12.9. The van der Waals surface area contributed by atoms with Gasteiger partial charge in [-0.05, 0) is 75.6 Å². The van der Waals surface area contributed by atoms with Gasteiger partial charge in [0.25, 0.3) is 0 Å². The molecule has 162 valence electrons. The van der Waals surface area contributed by atoms with Crippen molar-refractivity contribution in [2.45, 2.75) is 45.0 Å². The van der Waals surface area contributed by atoms with Crippen LogP contribution in [0.25, 0.3) is 0 Å². The average Bonchev–Trinajstić information content (AvgIpc) is 2.73. The molecule has 7 heteroatoms. The van der Waals surface area contributed by atoms with Crippen LogP contribution in [0.1, 0.15) is 43.5 Å². The lowest BCUT2D eigenvalue weighted by molar-refractivity contribution is -0.200. The van der Waals surface area contributed by atoms with Gasteiger partial charge in [-0.25, -0.2) is 0 Å².